The monoisotopic (exact) mass is 286 g/mol. The van der Waals surface area contributed by atoms with E-state index < -0.39 is 0 Å². The average molecular weight is 286 g/mol. The molecule has 112 valence electrons. The van der Waals surface area contributed by atoms with Crippen LogP contribution in [-0.4, -0.2) is 76.6 Å². The summed E-state index contributed by atoms with van der Waals surface area (Å²) >= 11 is 0. The Balaban J connectivity index is 1.40. The van der Waals surface area contributed by atoms with E-state index in [0.29, 0.717) is 6.04 Å². The molecule has 6 heteroatoms. The van der Waals surface area contributed by atoms with Gasteiger partial charge in [0.1, 0.15) is 17.8 Å². The van der Waals surface area contributed by atoms with Crippen LogP contribution >= 0.6 is 0 Å². The van der Waals surface area contributed by atoms with Gasteiger partial charge in [0.15, 0.2) is 0 Å². The maximum Gasteiger partial charge on any atom is 0.142 e. The molecule has 1 N–H and O–H groups in total. The summed E-state index contributed by atoms with van der Waals surface area (Å²) in [6.07, 6.45) is 3.59. The van der Waals surface area contributed by atoms with Crippen molar-refractivity contribution in [1.82, 2.24) is 24.8 Å². The van der Waals surface area contributed by atoms with Crippen LogP contribution in [0.25, 0.3) is 11.0 Å². The zero-order valence-corrected chi connectivity index (χ0v) is 12.5. The Hall–Kier alpha value is -1.66. The summed E-state index contributed by atoms with van der Waals surface area (Å²) < 4.78 is 0. The number of aromatic amines is 1. The van der Waals surface area contributed by atoms with Gasteiger partial charge >= 0.3 is 0 Å². The number of nitrogens with one attached hydrogen (secondary N) is 1. The molecule has 0 aromatic carbocycles. The van der Waals surface area contributed by atoms with Gasteiger partial charge in [-0.25, -0.2) is 9.97 Å². The molecule has 2 aliphatic rings. The molecular weight excluding hydrogens is 264 g/mol. The molecule has 2 saturated heterocycles. The molecule has 0 atom stereocenters. The van der Waals surface area contributed by atoms with E-state index in [2.05, 4.69) is 42.6 Å². The topological polar surface area (TPSA) is 51.3 Å². The molecule has 0 bridgehead atoms. The lowest BCUT2D eigenvalue weighted by Crippen LogP contribution is -2.63. The minimum absolute atomic E-state index is 0.688. The van der Waals surface area contributed by atoms with Crippen LogP contribution in [0.3, 0.4) is 0 Å². The van der Waals surface area contributed by atoms with E-state index in [1.54, 1.807) is 6.33 Å². The second-order valence-corrected chi connectivity index (χ2v) is 5.97. The maximum atomic E-state index is 4.47. The predicted molar refractivity (Wildman–Crippen MR) is 83.6 cm³/mol. The molecule has 2 aliphatic heterocycles. The minimum Gasteiger partial charge on any atom is -0.353 e. The summed E-state index contributed by atoms with van der Waals surface area (Å²) in [7, 11) is 0. The van der Waals surface area contributed by atoms with Crippen molar-refractivity contribution in [3.8, 4) is 0 Å². The summed E-state index contributed by atoms with van der Waals surface area (Å²) in [6, 6.07) is 2.76. The Bertz CT molecular complexity index is 609. The molecule has 2 aromatic heterocycles. The highest BCUT2D eigenvalue weighted by molar-refractivity contribution is 5.87. The molecule has 4 rings (SSSR count). The molecule has 0 amide bonds. The first-order valence-electron chi connectivity index (χ1n) is 7.84. The normalized spacial score (nSPS) is 21.9. The molecule has 0 aliphatic carbocycles. The highest BCUT2D eigenvalue weighted by atomic mass is 15.4. The fourth-order valence-electron chi connectivity index (χ4n) is 3.41. The van der Waals surface area contributed by atoms with Gasteiger partial charge in [0.05, 0.1) is 5.39 Å². The van der Waals surface area contributed by atoms with E-state index in [-0.39, 0.29) is 0 Å². The maximum absolute atomic E-state index is 4.47. The van der Waals surface area contributed by atoms with Gasteiger partial charge in [-0.15, -0.1) is 0 Å². The molecule has 0 spiro atoms. The number of rotatable bonds is 3. The molecule has 0 saturated carbocycles. The largest absolute Gasteiger partial charge is 0.353 e. The van der Waals surface area contributed by atoms with Crippen LogP contribution in [0.15, 0.2) is 18.6 Å². The summed E-state index contributed by atoms with van der Waals surface area (Å²) in [5.41, 5.74) is 0.931. The molecular formula is C15H22N6. The molecule has 21 heavy (non-hydrogen) atoms. The van der Waals surface area contributed by atoms with Crippen molar-refractivity contribution in [3.05, 3.63) is 18.6 Å². The fraction of sp³-hybridized carbons (Fsp3) is 0.600. The Morgan fingerprint density at radius 1 is 1.19 bits per heavy atom. The van der Waals surface area contributed by atoms with Gasteiger partial charge < -0.3 is 14.8 Å². The number of fused-ring (bicyclic) bond motifs is 1. The Morgan fingerprint density at radius 3 is 2.76 bits per heavy atom. The Labute approximate surface area is 124 Å². The van der Waals surface area contributed by atoms with Crippen molar-refractivity contribution in [1.29, 1.82) is 0 Å². The van der Waals surface area contributed by atoms with E-state index in [0.717, 1.165) is 29.9 Å². The Kier molecular flexibility index (Phi) is 3.27. The van der Waals surface area contributed by atoms with E-state index in [4.69, 9.17) is 0 Å². The first-order chi connectivity index (χ1) is 10.3. The highest BCUT2D eigenvalue weighted by Crippen LogP contribution is 2.28. The van der Waals surface area contributed by atoms with Gasteiger partial charge in [0.25, 0.3) is 0 Å². The first-order valence-corrected chi connectivity index (χ1v) is 7.84. The number of anilines is 1. The molecule has 4 heterocycles. The standard InChI is InChI=1S/C15H22N6/c1-2-19-5-7-20(8-6-19)12-9-21(10-12)15-13-3-4-16-14(13)17-11-18-15/h3-4,11-12H,2,5-10H2,1H3,(H,16,17,18). The smallest absolute Gasteiger partial charge is 0.142 e. The van der Waals surface area contributed by atoms with Crippen LogP contribution in [0.2, 0.25) is 0 Å². The summed E-state index contributed by atoms with van der Waals surface area (Å²) in [5.74, 6) is 1.07. The SMILES string of the molecule is CCN1CCN(C2CN(c3ncnc4[nH]ccc34)C2)CC1. The zero-order chi connectivity index (χ0) is 14.2. The molecule has 2 fully saturated rings. The van der Waals surface area contributed by atoms with Crippen molar-refractivity contribution in [2.45, 2.75) is 13.0 Å². The number of aromatic nitrogens is 3. The van der Waals surface area contributed by atoms with Crippen LogP contribution in [-0.2, 0) is 0 Å². The highest BCUT2D eigenvalue weighted by Gasteiger charge is 2.34. The van der Waals surface area contributed by atoms with Crippen molar-refractivity contribution in [3.63, 3.8) is 0 Å². The Morgan fingerprint density at radius 2 is 2.00 bits per heavy atom. The van der Waals surface area contributed by atoms with Gasteiger partial charge in [-0.05, 0) is 12.6 Å². The molecule has 6 nitrogen and oxygen atoms in total. The van der Waals surface area contributed by atoms with E-state index in [1.165, 1.54) is 32.7 Å². The lowest BCUT2D eigenvalue weighted by molar-refractivity contribution is 0.0860. The lowest BCUT2D eigenvalue weighted by atomic mass is 10.1. The fourth-order valence-corrected chi connectivity index (χ4v) is 3.41. The van der Waals surface area contributed by atoms with E-state index >= 15 is 0 Å². The van der Waals surface area contributed by atoms with Gasteiger partial charge in [-0.2, -0.15) is 0 Å². The number of hydrogen-bond donors (Lipinski definition) is 1. The van der Waals surface area contributed by atoms with Crippen LogP contribution in [0.4, 0.5) is 5.82 Å². The second-order valence-electron chi connectivity index (χ2n) is 5.97. The minimum atomic E-state index is 0.688. The van der Waals surface area contributed by atoms with Crippen molar-refractivity contribution < 1.29 is 0 Å². The summed E-state index contributed by atoms with van der Waals surface area (Å²) in [6.45, 7) is 10.4. The van der Waals surface area contributed by atoms with Crippen LogP contribution in [0.1, 0.15) is 6.92 Å². The first kappa shape index (κ1) is 13.0. The average Bonchev–Trinajstić information content (AvgIpc) is 2.96. The third-order valence-corrected chi connectivity index (χ3v) is 4.87. The van der Waals surface area contributed by atoms with Crippen LogP contribution in [0.5, 0.6) is 0 Å². The number of piperazine rings is 1. The van der Waals surface area contributed by atoms with Gasteiger partial charge in [-0.3, -0.25) is 4.90 Å². The van der Waals surface area contributed by atoms with Crippen molar-refractivity contribution in [2.75, 3.05) is 50.7 Å². The lowest BCUT2D eigenvalue weighted by Gasteiger charge is -2.48. The van der Waals surface area contributed by atoms with E-state index in [1.807, 2.05) is 6.20 Å². The number of likely N-dealkylation sites (N-methyl/N-ethyl adjacent to an activating group) is 1. The van der Waals surface area contributed by atoms with Crippen molar-refractivity contribution >= 4 is 16.9 Å². The number of H-pyrrole nitrogens is 1. The third-order valence-electron chi connectivity index (χ3n) is 4.87. The van der Waals surface area contributed by atoms with E-state index in [9.17, 15) is 0 Å². The third kappa shape index (κ3) is 2.28. The van der Waals surface area contributed by atoms with Gasteiger partial charge in [0.2, 0.25) is 0 Å². The zero-order valence-electron chi connectivity index (χ0n) is 12.5. The molecule has 2 aromatic rings. The molecule has 0 unspecified atom stereocenters. The second kappa shape index (κ2) is 5.27. The van der Waals surface area contributed by atoms with Crippen molar-refractivity contribution in [2.24, 2.45) is 0 Å². The van der Waals surface area contributed by atoms with Crippen LogP contribution in [0, 0.1) is 0 Å². The molecule has 0 radical (unpaired) electrons. The predicted octanol–water partition coefficient (Wildman–Crippen LogP) is 0.784. The van der Waals surface area contributed by atoms with Crippen LogP contribution < -0.4 is 4.90 Å². The van der Waals surface area contributed by atoms with Gasteiger partial charge in [-0.1, -0.05) is 6.92 Å². The quantitative estimate of drug-likeness (QED) is 0.904. The van der Waals surface area contributed by atoms with Gasteiger partial charge in [0, 0.05) is 51.5 Å². The summed E-state index contributed by atoms with van der Waals surface area (Å²) in [4.78, 5) is 19.4. The number of nitrogens with zero attached hydrogens (tertiary/aromatic N) is 5. The summed E-state index contributed by atoms with van der Waals surface area (Å²) in [5, 5.41) is 1.13. The number of hydrogen-bond acceptors (Lipinski definition) is 5.